The first kappa shape index (κ1) is 29.5. The fraction of sp³-hybridized carbons (Fsp3) is 0.400. The summed E-state index contributed by atoms with van der Waals surface area (Å²) in [5, 5.41) is 6.09. The second-order valence-electron chi connectivity index (χ2n) is 11.4. The third-order valence-electron chi connectivity index (χ3n) is 8.71. The number of piperidine rings is 1. The van der Waals surface area contributed by atoms with Crippen molar-refractivity contribution >= 4 is 17.7 Å². The maximum atomic E-state index is 13.7. The summed E-state index contributed by atoms with van der Waals surface area (Å²) in [6.45, 7) is 5.62. The molecule has 2 heterocycles. The zero-order valence-corrected chi connectivity index (χ0v) is 24.6. The van der Waals surface area contributed by atoms with Gasteiger partial charge in [0.25, 0.3) is 5.91 Å². The van der Waals surface area contributed by atoms with Crippen LogP contribution < -0.4 is 10.6 Å². The lowest BCUT2D eigenvalue weighted by Gasteiger charge is -2.51. The number of carbonyl (C=O) groups is 3. The average molecular weight is 567 g/mol. The van der Waals surface area contributed by atoms with Crippen LogP contribution in [0, 0.1) is 0 Å². The summed E-state index contributed by atoms with van der Waals surface area (Å²) in [6, 6.07) is 27.3. The fourth-order valence-corrected chi connectivity index (χ4v) is 6.35. The first-order valence-corrected chi connectivity index (χ1v) is 15.3. The Bertz CT molecular complexity index is 1350. The lowest BCUT2D eigenvalue weighted by molar-refractivity contribution is -0.161. The summed E-state index contributed by atoms with van der Waals surface area (Å²) in [7, 11) is 0. The number of nitrogens with zero attached hydrogens (tertiary/aromatic N) is 2. The van der Waals surface area contributed by atoms with E-state index in [4.69, 9.17) is 0 Å². The molecule has 0 radical (unpaired) electrons. The van der Waals surface area contributed by atoms with Crippen LogP contribution in [-0.2, 0) is 16.0 Å². The van der Waals surface area contributed by atoms with Gasteiger partial charge >= 0.3 is 0 Å². The number of carbonyl (C=O) groups excluding carboxylic acids is 3. The molecule has 1 spiro atoms. The Balaban J connectivity index is 1.14. The van der Waals surface area contributed by atoms with Crippen LogP contribution >= 0.6 is 0 Å². The van der Waals surface area contributed by atoms with Crippen molar-refractivity contribution in [2.75, 3.05) is 32.7 Å². The van der Waals surface area contributed by atoms with Crippen LogP contribution in [0.1, 0.15) is 54.9 Å². The molecule has 3 aromatic carbocycles. The van der Waals surface area contributed by atoms with E-state index in [1.54, 1.807) is 0 Å². The van der Waals surface area contributed by atoms with Crippen LogP contribution in [0.2, 0.25) is 0 Å². The number of likely N-dealkylation sites (tertiary alicyclic amines) is 1. The molecule has 3 amide bonds. The molecule has 2 fully saturated rings. The van der Waals surface area contributed by atoms with E-state index in [1.807, 2.05) is 65.6 Å². The molecular formula is C35H42N4O3. The molecule has 0 aliphatic carbocycles. The summed E-state index contributed by atoms with van der Waals surface area (Å²) in [4.78, 5) is 44.6. The Morgan fingerprint density at radius 3 is 2.29 bits per heavy atom. The molecule has 42 heavy (non-hydrogen) atoms. The predicted molar refractivity (Wildman–Crippen MR) is 166 cm³/mol. The zero-order chi connectivity index (χ0) is 29.4. The molecule has 7 heteroatoms. The van der Waals surface area contributed by atoms with Gasteiger partial charge in [0.1, 0.15) is 11.6 Å². The van der Waals surface area contributed by atoms with Crippen molar-refractivity contribution in [3.05, 3.63) is 96.1 Å². The SMILES string of the molecule is CCCN1C(=O)[C@H](CCCNC(=O)c2ccccc2-c2ccccc2)NC(=O)C12CCN(CCc1ccccc1)CC2. The lowest BCUT2D eigenvalue weighted by atomic mass is 9.81. The highest BCUT2D eigenvalue weighted by atomic mass is 16.2. The Kier molecular flexibility index (Phi) is 9.70. The van der Waals surface area contributed by atoms with Gasteiger partial charge in [-0.2, -0.15) is 0 Å². The van der Waals surface area contributed by atoms with E-state index in [1.165, 1.54) is 5.56 Å². The van der Waals surface area contributed by atoms with E-state index >= 15 is 0 Å². The van der Waals surface area contributed by atoms with Gasteiger partial charge in [-0.25, -0.2) is 0 Å². The van der Waals surface area contributed by atoms with Gasteiger partial charge in [-0.05, 0) is 61.3 Å². The molecule has 220 valence electrons. The van der Waals surface area contributed by atoms with Gasteiger partial charge in [-0.15, -0.1) is 0 Å². The number of hydrogen-bond donors (Lipinski definition) is 2. The van der Waals surface area contributed by atoms with E-state index in [9.17, 15) is 14.4 Å². The highest BCUT2D eigenvalue weighted by Crippen LogP contribution is 2.34. The fourth-order valence-electron chi connectivity index (χ4n) is 6.35. The molecule has 7 nitrogen and oxygen atoms in total. The van der Waals surface area contributed by atoms with Crippen molar-refractivity contribution in [2.24, 2.45) is 0 Å². The second-order valence-corrected chi connectivity index (χ2v) is 11.4. The molecule has 3 aromatic rings. The van der Waals surface area contributed by atoms with Gasteiger partial charge < -0.3 is 20.4 Å². The van der Waals surface area contributed by atoms with Crippen LogP contribution in [0.3, 0.4) is 0 Å². The Hall–Kier alpha value is -3.97. The Morgan fingerprint density at radius 1 is 0.905 bits per heavy atom. The van der Waals surface area contributed by atoms with Crippen molar-refractivity contribution in [1.29, 1.82) is 0 Å². The quantitative estimate of drug-likeness (QED) is 0.331. The van der Waals surface area contributed by atoms with Gasteiger partial charge in [-0.3, -0.25) is 14.4 Å². The van der Waals surface area contributed by atoms with E-state index < -0.39 is 11.6 Å². The molecule has 0 unspecified atom stereocenters. The molecular weight excluding hydrogens is 524 g/mol. The van der Waals surface area contributed by atoms with Crippen LogP contribution in [0.25, 0.3) is 11.1 Å². The standard InChI is InChI=1S/C35H42N4O3/c1-2-23-39-33(41)31(18-11-22-36-32(40)30-17-10-9-16-29(30)28-14-7-4-8-15-28)37-34(42)35(39)20-25-38(26-21-35)24-19-27-12-5-3-6-13-27/h3-10,12-17,31H,2,11,18-26H2,1H3,(H,36,40)(H,37,42)/t31-/m0/s1. The van der Waals surface area contributed by atoms with Crippen molar-refractivity contribution in [3.63, 3.8) is 0 Å². The van der Waals surface area contributed by atoms with Crippen LogP contribution in [0.5, 0.6) is 0 Å². The molecule has 0 bridgehead atoms. The topological polar surface area (TPSA) is 81.8 Å². The van der Waals surface area contributed by atoms with Crippen molar-refractivity contribution < 1.29 is 14.4 Å². The summed E-state index contributed by atoms with van der Waals surface area (Å²) < 4.78 is 0. The third-order valence-corrected chi connectivity index (χ3v) is 8.71. The van der Waals surface area contributed by atoms with E-state index in [0.717, 1.165) is 43.6 Å². The largest absolute Gasteiger partial charge is 0.352 e. The average Bonchev–Trinajstić information content (AvgIpc) is 3.04. The molecule has 5 rings (SSSR count). The number of hydrogen-bond acceptors (Lipinski definition) is 4. The number of nitrogens with one attached hydrogen (secondary N) is 2. The monoisotopic (exact) mass is 566 g/mol. The minimum atomic E-state index is -0.762. The number of amides is 3. The van der Waals surface area contributed by atoms with E-state index in [2.05, 4.69) is 46.7 Å². The number of rotatable bonds is 11. The van der Waals surface area contributed by atoms with Crippen molar-refractivity contribution in [1.82, 2.24) is 20.4 Å². The predicted octanol–water partition coefficient (Wildman–Crippen LogP) is 4.68. The van der Waals surface area contributed by atoms with Crippen LogP contribution in [-0.4, -0.2) is 71.8 Å². The normalized spacial score (nSPS) is 18.6. The van der Waals surface area contributed by atoms with Crippen molar-refractivity contribution in [3.8, 4) is 11.1 Å². The zero-order valence-electron chi connectivity index (χ0n) is 24.6. The molecule has 2 N–H and O–H groups in total. The summed E-state index contributed by atoms with van der Waals surface area (Å²) >= 11 is 0. The highest BCUT2D eigenvalue weighted by Gasteiger charge is 2.53. The van der Waals surface area contributed by atoms with Gasteiger partial charge in [0, 0.05) is 38.3 Å². The summed E-state index contributed by atoms with van der Waals surface area (Å²) in [6.07, 6.45) is 4.18. The molecule has 2 aliphatic heterocycles. The molecule has 0 aromatic heterocycles. The van der Waals surface area contributed by atoms with Gasteiger partial charge in [0.15, 0.2) is 0 Å². The second kappa shape index (κ2) is 13.8. The minimum absolute atomic E-state index is 0.00920. The summed E-state index contributed by atoms with van der Waals surface area (Å²) in [5.74, 6) is -0.155. The Labute approximate surface area is 249 Å². The number of piperazine rings is 1. The third kappa shape index (κ3) is 6.57. The van der Waals surface area contributed by atoms with E-state index in [0.29, 0.717) is 44.3 Å². The van der Waals surface area contributed by atoms with Gasteiger partial charge in [-0.1, -0.05) is 85.8 Å². The minimum Gasteiger partial charge on any atom is -0.352 e. The molecule has 1 atom stereocenters. The van der Waals surface area contributed by atoms with Crippen LogP contribution in [0.4, 0.5) is 0 Å². The first-order chi connectivity index (χ1) is 20.5. The molecule has 2 aliphatic rings. The van der Waals surface area contributed by atoms with E-state index in [-0.39, 0.29) is 17.7 Å². The van der Waals surface area contributed by atoms with Gasteiger partial charge in [0.2, 0.25) is 11.8 Å². The maximum absolute atomic E-state index is 13.7. The van der Waals surface area contributed by atoms with Gasteiger partial charge in [0.05, 0.1) is 0 Å². The van der Waals surface area contributed by atoms with Crippen LogP contribution in [0.15, 0.2) is 84.9 Å². The maximum Gasteiger partial charge on any atom is 0.251 e. The summed E-state index contributed by atoms with van der Waals surface area (Å²) in [5.41, 5.74) is 3.05. The van der Waals surface area contributed by atoms with Crippen molar-refractivity contribution in [2.45, 2.75) is 57.0 Å². The molecule has 0 saturated carbocycles. The molecule has 2 saturated heterocycles. The first-order valence-electron chi connectivity index (χ1n) is 15.3. The smallest absolute Gasteiger partial charge is 0.251 e. The lowest BCUT2D eigenvalue weighted by Crippen LogP contribution is -2.72. The highest BCUT2D eigenvalue weighted by molar-refractivity contribution is 6.01. The Morgan fingerprint density at radius 2 is 1.57 bits per heavy atom. The number of benzene rings is 3.